The van der Waals surface area contributed by atoms with Gasteiger partial charge >= 0.3 is 0 Å². The second-order valence-corrected chi connectivity index (χ2v) is 8.75. The molecule has 0 spiro atoms. The van der Waals surface area contributed by atoms with Gasteiger partial charge in [-0.05, 0) is 49.1 Å². The Bertz CT molecular complexity index is 824. The van der Waals surface area contributed by atoms with E-state index in [-0.39, 0.29) is 17.0 Å². The molecule has 2 aliphatic heterocycles. The molecule has 2 aliphatic rings. The molecular formula is C22H25FN2OS. The van der Waals surface area contributed by atoms with E-state index < -0.39 is 0 Å². The number of rotatable bonds is 3. The number of halogens is 1. The maximum absolute atomic E-state index is 13.1. The van der Waals surface area contributed by atoms with Gasteiger partial charge in [0.15, 0.2) is 0 Å². The Balaban J connectivity index is 1.34. The Morgan fingerprint density at radius 3 is 2.74 bits per heavy atom. The normalized spacial score (nSPS) is 20.4. The van der Waals surface area contributed by atoms with Crippen LogP contribution in [0.15, 0.2) is 47.4 Å². The molecule has 0 radical (unpaired) electrons. The van der Waals surface area contributed by atoms with Crippen LogP contribution in [0.1, 0.15) is 23.1 Å². The smallest absolute Gasteiger partial charge is 0.236 e. The third-order valence-corrected chi connectivity index (χ3v) is 6.68. The minimum absolute atomic E-state index is 0.0189. The zero-order valence-corrected chi connectivity index (χ0v) is 16.5. The van der Waals surface area contributed by atoms with Gasteiger partial charge in [-0.1, -0.05) is 29.8 Å². The lowest BCUT2D eigenvalue weighted by molar-refractivity contribution is -0.130. The minimum Gasteiger partial charge on any atom is -0.340 e. The molecule has 0 aromatic heterocycles. The van der Waals surface area contributed by atoms with Crippen LogP contribution in [0.4, 0.5) is 4.39 Å². The molecule has 1 atom stereocenters. The van der Waals surface area contributed by atoms with E-state index in [0.29, 0.717) is 0 Å². The Hall–Kier alpha value is -1.85. The van der Waals surface area contributed by atoms with Crippen molar-refractivity contribution in [3.05, 3.63) is 65.0 Å². The number of carbonyl (C=O) groups excluding carboxylic acids is 1. The van der Waals surface area contributed by atoms with E-state index in [0.717, 1.165) is 51.1 Å². The molecule has 5 heteroatoms. The number of nitrogens with zero attached hydrogens (tertiary/aromatic N) is 2. The number of aryl methyl sites for hydroxylation is 1. The van der Waals surface area contributed by atoms with Crippen molar-refractivity contribution in [1.29, 1.82) is 0 Å². The summed E-state index contributed by atoms with van der Waals surface area (Å²) >= 11 is 1.72. The molecule has 0 saturated carbocycles. The van der Waals surface area contributed by atoms with Crippen molar-refractivity contribution in [3.63, 3.8) is 0 Å². The zero-order chi connectivity index (χ0) is 18.8. The van der Waals surface area contributed by atoms with Gasteiger partial charge in [-0.25, -0.2) is 4.39 Å². The topological polar surface area (TPSA) is 23.6 Å². The number of carbonyl (C=O) groups is 1. The molecule has 3 nitrogen and oxygen atoms in total. The third-order valence-electron chi connectivity index (χ3n) is 5.39. The highest BCUT2D eigenvalue weighted by molar-refractivity contribution is 8.01. The van der Waals surface area contributed by atoms with E-state index >= 15 is 0 Å². The number of amides is 1. The summed E-state index contributed by atoms with van der Waals surface area (Å²) in [6.45, 7) is 6.34. The summed E-state index contributed by atoms with van der Waals surface area (Å²) < 4.78 is 13.1. The molecule has 2 aromatic rings. The van der Waals surface area contributed by atoms with Crippen molar-refractivity contribution in [2.45, 2.75) is 36.5 Å². The average molecular weight is 385 g/mol. The summed E-state index contributed by atoms with van der Waals surface area (Å²) in [6, 6.07) is 13.2. The molecule has 0 aliphatic carbocycles. The van der Waals surface area contributed by atoms with E-state index in [1.165, 1.54) is 28.2 Å². The van der Waals surface area contributed by atoms with Crippen molar-refractivity contribution < 1.29 is 9.18 Å². The fourth-order valence-electron chi connectivity index (χ4n) is 3.87. The van der Waals surface area contributed by atoms with Crippen molar-refractivity contribution in [1.82, 2.24) is 9.80 Å². The van der Waals surface area contributed by atoms with Crippen molar-refractivity contribution in [2.75, 3.05) is 26.2 Å². The standard InChI is InChI=1S/C22H25FN2OS/c1-16-3-6-18-14-21(27-20(18)13-16)22(26)25-10-2-9-24(11-12-25)15-17-4-7-19(23)8-5-17/h3-8,13,21H,2,9-12,14-15H2,1H3. The van der Waals surface area contributed by atoms with Crippen LogP contribution in [0, 0.1) is 12.7 Å². The van der Waals surface area contributed by atoms with Gasteiger partial charge in [0.1, 0.15) is 5.82 Å². The summed E-state index contributed by atoms with van der Waals surface area (Å²) in [4.78, 5) is 18.7. The van der Waals surface area contributed by atoms with Crippen LogP contribution < -0.4 is 0 Å². The third kappa shape index (κ3) is 4.36. The quantitative estimate of drug-likeness (QED) is 0.802. The Kier molecular flexibility index (Phi) is 5.50. The van der Waals surface area contributed by atoms with E-state index in [1.54, 1.807) is 11.8 Å². The number of hydrogen-bond donors (Lipinski definition) is 0. The molecule has 27 heavy (non-hydrogen) atoms. The molecule has 2 heterocycles. The van der Waals surface area contributed by atoms with Gasteiger partial charge in [0, 0.05) is 37.6 Å². The van der Waals surface area contributed by atoms with Gasteiger partial charge < -0.3 is 4.90 Å². The Morgan fingerprint density at radius 2 is 1.93 bits per heavy atom. The van der Waals surface area contributed by atoms with Gasteiger partial charge in [-0.2, -0.15) is 0 Å². The molecule has 1 amide bonds. The molecule has 1 unspecified atom stereocenters. The van der Waals surface area contributed by atoms with Crippen LogP contribution in [0.5, 0.6) is 0 Å². The van der Waals surface area contributed by atoms with Crippen LogP contribution in [0.2, 0.25) is 0 Å². The number of benzene rings is 2. The fourth-order valence-corrected chi connectivity index (χ4v) is 5.25. The highest BCUT2D eigenvalue weighted by Crippen LogP contribution is 2.38. The Labute approximate surface area is 164 Å². The highest BCUT2D eigenvalue weighted by atomic mass is 32.2. The monoisotopic (exact) mass is 384 g/mol. The van der Waals surface area contributed by atoms with E-state index in [9.17, 15) is 9.18 Å². The molecule has 1 fully saturated rings. The second kappa shape index (κ2) is 8.03. The molecular weight excluding hydrogens is 359 g/mol. The molecule has 2 aromatic carbocycles. The summed E-state index contributed by atoms with van der Waals surface area (Å²) in [5, 5.41) is 0.0189. The summed E-state index contributed by atoms with van der Waals surface area (Å²) in [5.74, 6) is 0.0779. The molecule has 0 bridgehead atoms. The van der Waals surface area contributed by atoms with E-state index in [2.05, 4.69) is 30.0 Å². The Morgan fingerprint density at radius 1 is 1.11 bits per heavy atom. The first kappa shape index (κ1) is 18.5. The zero-order valence-electron chi connectivity index (χ0n) is 15.7. The van der Waals surface area contributed by atoms with Crippen LogP contribution in [0.25, 0.3) is 0 Å². The van der Waals surface area contributed by atoms with Gasteiger partial charge in [0.25, 0.3) is 0 Å². The first-order chi connectivity index (χ1) is 13.1. The van der Waals surface area contributed by atoms with Crippen molar-refractivity contribution in [2.24, 2.45) is 0 Å². The number of fused-ring (bicyclic) bond motifs is 1. The van der Waals surface area contributed by atoms with Crippen LogP contribution in [-0.2, 0) is 17.8 Å². The lowest BCUT2D eigenvalue weighted by atomic mass is 10.1. The van der Waals surface area contributed by atoms with Crippen molar-refractivity contribution in [3.8, 4) is 0 Å². The lowest BCUT2D eigenvalue weighted by Gasteiger charge is -2.24. The van der Waals surface area contributed by atoms with Gasteiger partial charge in [0.2, 0.25) is 5.91 Å². The first-order valence-electron chi connectivity index (χ1n) is 9.60. The number of thioether (sulfide) groups is 1. The summed E-state index contributed by atoms with van der Waals surface area (Å²) in [5.41, 5.74) is 3.67. The number of hydrogen-bond acceptors (Lipinski definition) is 3. The lowest BCUT2D eigenvalue weighted by Crippen LogP contribution is -2.40. The largest absolute Gasteiger partial charge is 0.340 e. The van der Waals surface area contributed by atoms with E-state index in [4.69, 9.17) is 0 Å². The minimum atomic E-state index is -0.198. The highest BCUT2D eigenvalue weighted by Gasteiger charge is 2.32. The maximum Gasteiger partial charge on any atom is 0.236 e. The van der Waals surface area contributed by atoms with Gasteiger partial charge in [-0.3, -0.25) is 9.69 Å². The van der Waals surface area contributed by atoms with Crippen LogP contribution in [0.3, 0.4) is 0 Å². The first-order valence-corrected chi connectivity index (χ1v) is 10.5. The predicted molar refractivity (Wildman–Crippen MR) is 107 cm³/mol. The predicted octanol–water partition coefficient (Wildman–Crippen LogP) is 3.89. The molecule has 142 valence electrons. The molecule has 1 saturated heterocycles. The van der Waals surface area contributed by atoms with Crippen LogP contribution in [-0.4, -0.2) is 47.1 Å². The fraction of sp³-hybridized carbons (Fsp3) is 0.409. The molecule has 0 N–H and O–H groups in total. The van der Waals surface area contributed by atoms with Crippen molar-refractivity contribution >= 4 is 17.7 Å². The average Bonchev–Trinajstić information content (AvgIpc) is 2.94. The second-order valence-electron chi connectivity index (χ2n) is 7.50. The van der Waals surface area contributed by atoms with Gasteiger partial charge in [-0.15, -0.1) is 11.8 Å². The van der Waals surface area contributed by atoms with Gasteiger partial charge in [0.05, 0.1) is 5.25 Å². The maximum atomic E-state index is 13.1. The SMILES string of the molecule is Cc1ccc2c(c1)SC(C(=O)N1CCCN(Cc3ccc(F)cc3)CC1)C2. The van der Waals surface area contributed by atoms with Crippen LogP contribution >= 0.6 is 11.8 Å². The summed E-state index contributed by atoms with van der Waals surface area (Å²) in [7, 11) is 0. The summed E-state index contributed by atoms with van der Waals surface area (Å²) in [6.07, 6.45) is 1.82. The van der Waals surface area contributed by atoms with E-state index in [1.807, 2.05) is 17.0 Å². The molecule has 4 rings (SSSR count).